The van der Waals surface area contributed by atoms with E-state index in [9.17, 15) is 0 Å². The van der Waals surface area contributed by atoms with Crippen LogP contribution in [-0.2, 0) is 5.16 Å². The van der Waals surface area contributed by atoms with Crippen LogP contribution in [-0.4, -0.2) is 0 Å². The van der Waals surface area contributed by atoms with Crippen molar-refractivity contribution in [3.63, 3.8) is 0 Å². The van der Waals surface area contributed by atoms with Crippen molar-refractivity contribution in [2.24, 2.45) is 0 Å². The number of hydrogen-bond donors (Lipinski definition) is 0. The first-order chi connectivity index (χ1) is 4.50. The highest BCUT2D eigenvalue weighted by Gasteiger charge is 2.12. The first kappa shape index (κ1) is 7.88. The molecule has 1 aromatic heterocycles. The summed E-state index contributed by atoms with van der Waals surface area (Å²) in [7, 11) is 0.0319. The topological polar surface area (TPSA) is 0 Å². The lowest BCUT2D eigenvalue weighted by Gasteiger charge is -2.17. The third-order valence-corrected chi connectivity index (χ3v) is 4.32. The summed E-state index contributed by atoms with van der Waals surface area (Å²) < 4.78 is 0. The van der Waals surface area contributed by atoms with Crippen molar-refractivity contribution >= 4 is 7.53 Å². The molecule has 0 amide bonds. The zero-order valence-electron chi connectivity index (χ0n) is 7.18. The summed E-state index contributed by atoms with van der Waals surface area (Å²) in [5.74, 6) is 4.75. The molecule has 0 aliphatic carbocycles. The van der Waals surface area contributed by atoms with Crippen LogP contribution in [0.25, 0.3) is 0 Å². The highest BCUT2D eigenvalue weighted by Crippen LogP contribution is 2.44. The van der Waals surface area contributed by atoms with E-state index >= 15 is 0 Å². The van der Waals surface area contributed by atoms with E-state index in [-0.39, 0.29) is 7.53 Å². The van der Waals surface area contributed by atoms with Gasteiger partial charge in [-0.05, 0) is 24.1 Å². The van der Waals surface area contributed by atoms with Crippen molar-refractivity contribution in [1.82, 2.24) is 0 Å². The fourth-order valence-corrected chi connectivity index (χ4v) is 2.76. The zero-order chi connectivity index (χ0) is 7.78. The van der Waals surface area contributed by atoms with Crippen LogP contribution in [0, 0.1) is 6.92 Å². The lowest BCUT2D eigenvalue weighted by molar-refractivity contribution is 0.719. The maximum absolute atomic E-state index is 2.40. The van der Waals surface area contributed by atoms with Crippen LogP contribution in [0.4, 0.5) is 0 Å². The minimum Gasteiger partial charge on any atom is -0.119 e. The molecule has 0 spiro atoms. The predicted molar refractivity (Wildman–Crippen MR) is 48.9 cm³/mol. The molecule has 0 radical (unpaired) electrons. The molecule has 0 nitrogen and oxygen atoms in total. The fraction of sp³-hybridized carbons (Fsp3) is 0.556. The summed E-state index contributed by atoms with van der Waals surface area (Å²) >= 11 is 0. The molecule has 1 unspecified atom stereocenters. The third kappa shape index (κ3) is 1.64. The standard InChI is InChI=1S/C9H15P/c1-8-5-6-10(7-8)9(2,3)4/h5-7H,1-4H3. The summed E-state index contributed by atoms with van der Waals surface area (Å²) in [4.78, 5) is 0. The molecule has 1 heteroatoms. The maximum Gasteiger partial charge on any atom is 0.000285 e. The third-order valence-electron chi connectivity index (χ3n) is 1.62. The van der Waals surface area contributed by atoms with E-state index in [4.69, 9.17) is 0 Å². The highest BCUT2D eigenvalue weighted by molar-refractivity contribution is 7.49. The Morgan fingerprint density at radius 3 is 2.10 bits per heavy atom. The van der Waals surface area contributed by atoms with Gasteiger partial charge in [0.2, 0.25) is 0 Å². The van der Waals surface area contributed by atoms with Crippen molar-refractivity contribution in [2.45, 2.75) is 32.9 Å². The van der Waals surface area contributed by atoms with Crippen LogP contribution < -0.4 is 0 Å². The van der Waals surface area contributed by atoms with Gasteiger partial charge in [-0.3, -0.25) is 0 Å². The molecule has 0 aromatic carbocycles. The molecule has 56 valence electrons. The average molecular weight is 154 g/mol. The van der Waals surface area contributed by atoms with Gasteiger partial charge >= 0.3 is 0 Å². The number of hydrogen-bond acceptors (Lipinski definition) is 0. The Morgan fingerprint density at radius 1 is 1.30 bits per heavy atom. The summed E-state index contributed by atoms with van der Waals surface area (Å²) in [6.07, 6.45) is 0. The Bertz CT molecular complexity index is 215. The van der Waals surface area contributed by atoms with Gasteiger partial charge in [-0.15, -0.1) is 7.53 Å². The number of rotatable bonds is 0. The van der Waals surface area contributed by atoms with Crippen LogP contribution in [0.2, 0.25) is 0 Å². The second-order valence-corrected chi connectivity index (χ2v) is 6.48. The number of aryl methyl sites for hydroxylation is 1. The van der Waals surface area contributed by atoms with E-state index in [1.165, 1.54) is 5.56 Å². The van der Waals surface area contributed by atoms with Crippen LogP contribution >= 0.6 is 7.53 Å². The summed E-state index contributed by atoms with van der Waals surface area (Å²) in [5.41, 5.74) is 1.43. The first-order valence-electron chi connectivity index (χ1n) is 3.65. The van der Waals surface area contributed by atoms with Gasteiger partial charge in [-0.1, -0.05) is 26.8 Å². The molecule has 0 aliphatic heterocycles. The molecule has 1 heterocycles. The molecule has 0 N–H and O–H groups in total. The van der Waals surface area contributed by atoms with Crippen molar-refractivity contribution in [1.29, 1.82) is 0 Å². The molecule has 0 aliphatic rings. The molecule has 0 fully saturated rings. The molecule has 0 saturated heterocycles. The zero-order valence-corrected chi connectivity index (χ0v) is 8.07. The van der Waals surface area contributed by atoms with Crippen molar-refractivity contribution in [3.8, 4) is 0 Å². The summed E-state index contributed by atoms with van der Waals surface area (Å²) in [6, 6.07) is 2.23. The molecular formula is C9H15P. The Labute approximate surface area is 64.3 Å². The minimum atomic E-state index is 0.0319. The smallest absolute Gasteiger partial charge is 0.000285 e. The maximum atomic E-state index is 2.40. The Balaban J connectivity index is 2.96. The molecule has 1 atom stereocenters. The van der Waals surface area contributed by atoms with E-state index < -0.39 is 0 Å². The van der Waals surface area contributed by atoms with E-state index in [1.54, 1.807) is 0 Å². The minimum absolute atomic E-state index is 0.0319. The normalized spacial score (nSPS) is 13.8. The summed E-state index contributed by atoms with van der Waals surface area (Å²) in [5, 5.41) is 0.462. The van der Waals surface area contributed by atoms with Gasteiger partial charge in [0, 0.05) is 5.16 Å². The van der Waals surface area contributed by atoms with Crippen molar-refractivity contribution in [2.75, 3.05) is 0 Å². The van der Waals surface area contributed by atoms with Crippen LogP contribution in [0.3, 0.4) is 0 Å². The van der Waals surface area contributed by atoms with Gasteiger partial charge in [0.1, 0.15) is 0 Å². The molecule has 1 rings (SSSR count). The van der Waals surface area contributed by atoms with E-state index in [1.807, 2.05) is 0 Å². The quantitative estimate of drug-likeness (QED) is 0.534. The van der Waals surface area contributed by atoms with E-state index in [0.29, 0.717) is 5.16 Å². The molecular weight excluding hydrogens is 139 g/mol. The second-order valence-electron chi connectivity index (χ2n) is 3.77. The van der Waals surface area contributed by atoms with E-state index in [0.717, 1.165) is 0 Å². The van der Waals surface area contributed by atoms with Crippen LogP contribution in [0.5, 0.6) is 0 Å². The largest absolute Gasteiger partial charge is 0.119 e. The molecule has 0 saturated carbocycles. The van der Waals surface area contributed by atoms with Gasteiger partial charge in [0.05, 0.1) is 0 Å². The van der Waals surface area contributed by atoms with Gasteiger partial charge < -0.3 is 0 Å². The SMILES string of the molecule is Cc1ccp(C(C)(C)C)c1. The molecule has 0 bridgehead atoms. The lowest BCUT2D eigenvalue weighted by atomic mass is 10.3. The first-order valence-corrected chi connectivity index (χ1v) is 5.13. The lowest BCUT2D eigenvalue weighted by Crippen LogP contribution is -1.98. The van der Waals surface area contributed by atoms with Gasteiger partial charge in [-0.2, -0.15) is 0 Å². The van der Waals surface area contributed by atoms with Gasteiger partial charge in [0.15, 0.2) is 0 Å². The van der Waals surface area contributed by atoms with Gasteiger partial charge in [-0.25, -0.2) is 0 Å². The van der Waals surface area contributed by atoms with Crippen LogP contribution in [0.15, 0.2) is 17.7 Å². The van der Waals surface area contributed by atoms with E-state index in [2.05, 4.69) is 45.4 Å². The van der Waals surface area contributed by atoms with Crippen LogP contribution in [0.1, 0.15) is 26.3 Å². The second kappa shape index (κ2) is 2.43. The Kier molecular flexibility index (Phi) is 1.92. The highest BCUT2D eigenvalue weighted by atomic mass is 31.1. The molecule has 1 aromatic rings. The Morgan fingerprint density at radius 2 is 1.90 bits per heavy atom. The van der Waals surface area contributed by atoms with Gasteiger partial charge in [0.25, 0.3) is 0 Å². The Hall–Kier alpha value is -0.220. The van der Waals surface area contributed by atoms with Crippen molar-refractivity contribution < 1.29 is 0 Å². The average Bonchev–Trinajstić information content (AvgIpc) is 2.11. The summed E-state index contributed by atoms with van der Waals surface area (Å²) in [6.45, 7) is 9.08. The predicted octanol–water partition coefficient (Wildman–Crippen LogP) is 3.74. The fourth-order valence-electron chi connectivity index (χ4n) is 0.921. The van der Waals surface area contributed by atoms with Crippen molar-refractivity contribution in [3.05, 3.63) is 23.2 Å². The monoisotopic (exact) mass is 154 g/mol. The molecule has 10 heavy (non-hydrogen) atoms.